The van der Waals surface area contributed by atoms with Crippen molar-refractivity contribution in [1.82, 2.24) is 4.98 Å². The predicted molar refractivity (Wildman–Crippen MR) is 251 cm³/mol. The number of hydrogen-bond donors (Lipinski definition) is 4. The lowest BCUT2D eigenvalue weighted by Crippen LogP contribution is -2.51. The molecule has 2 aliphatic heterocycles. The maximum absolute atomic E-state index is 14.2. The second kappa shape index (κ2) is 16.0. The van der Waals surface area contributed by atoms with Crippen LogP contribution in [-0.4, -0.2) is 63.6 Å². The van der Waals surface area contributed by atoms with Gasteiger partial charge in [0, 0.05) is 60.9 Å². The number of amidine groups is 2. The molecule has 1 atom stereocenters. The van der Waals surface area contributed by atoms with E-state index in [0.717, 1.165) is 103 Å². The number of thiophene rings is 2. The van der Waals surface area contributed by atoms with E-state index in [1.807, 2.05) is 36.4 Å². The SMILES string of the molecule is CC(=N)N1C(=N)C(Cc2ncco2)N=C(c2ccc(OC3CC4(CCN(c5ccc(C(=O)c6c(-c7ccc(O)cc7)sc7cc(O)ccc67)cc5)CC4)C3)cc2)c2c1sc(C)c2C. The van der Waals surface area contributed by atoms with E-state index in [2.05, 4.69) is 48.0 Å². The summed E-state index contributed by atoms with van der Waals surface area (Å²) < 4.78 is 12.9. The number of aryl methyl sites for hydroxylation is 1. The molecule has 4 N–H and O–H groups in total. The number of anilines is 2. The first kappa shape index (κ1) is 40.5. The number of nitrogens with one attached hydrogen (secondary N) is 2. The fourth-order valence-electron chi connectivity index (χ4n) is 9.41. The number of phenolic OH excluding ortho intramolecular Hbond substituents is 2. The van der Waals surface area contributed by atoms with Gasteiger partial charge in [-0.2, -0.15) is 0 Å². The van der Waals surface area contributed by atoms with E-state index in [1.165, 1.54) is 17.6 Å². The molecule has 13 heteroatoms. The molecule has 1 aliphatic carbocycles. The average molecular weight is 875 g/mol. The Labute approximate surface area is 373 Å². The summed E-state index contributed by atoms with van der Waals surface area (Å²) >= 11 is 3.04. The minimum Gasteiger partial charge on any atom is -0.508 e. The van der Waals surface area contributed by atoms with Crippen LogP contribution in [0, 0.1) is 30.1 Å². The van der Waals surface area contributed by atoms with Crippen molar-refractivity contribution in [3.05, 3.63) is 142 Å². The lowest BCUT2D eigenvalue weighted by molar-refractivity contribution is -0.0310. The number of carbonyl (C=O) groups excluding carboxylic acids is 1. The number of fused-ring (bicyclic) bond motifs is 2. The van der Waals surface area contributed by atoms with E-state index in [-0.39, 0.29) is 40.5 Å². The zero-order valence-electron chi connectivity index (χ0n) is 35.1. The Morgan fingerprint density at radius 2 is 1.62 bits per heavy atom. The predicted octanol–water partition coefficient (Wildman–Crippen LogP) is 10.9. The van der Waals surface area contributed by atoms with Gasteiger partial charge in [0.2, 0.25) is 0 Å². The molecule has 5 heterocycles. The van der Waals surface area contributed by atoms with Crippen molar-refractivity contribution in [2.24, 2.45) is 10.4 Å². The van der Waals surface area contributed by atoms with Crippen LogP contribution in [0.5, 0.6) is 17.2 Å². The summed E-state index contributed by atoms with van der Waals surface area (Å²) in [5.74, 6) is 2.05. The number of rotatable bonds is 9. The van der Waals surface area contributed by atoms with E-state index in [9.17, 15) is 20.4 Å². The van der Waals surface area contributed by atoms with Gasteiger partial charge in [0.1, 0.15) is 46.2 Å². The molecule has 0 bridgehead atoms. The van der Waals surface area contributed by atoms with Crippen molar-refractivity contribution in [3.8, 4) is 27.7 Å². The van der Waals surface area contributed by atoms with Crippen molar-refractivity contribution in [2.45, 2.75) is 65.0 Å². The Kier molecular flexibility index (Phi) is 10.3. The molecule has 2 fully saturated rings. The van der Waals surface area contributed by atoms with Crippen LogP contribution < -0.4 is 14.5 Å². The molecule has 318 valence electrons. The number of carbonyl (C=O) groups is 1. The first-order valence-corrected chi connectivity index (χ1v) is 22.8. The minimum atomic E-state index is -0.586. The highest BCUT2D eigenvalue weighted by atomic mass is 32.1. The number of aliphatic imine (C=N–C) groups is 1. The number of hydrogen-bond acceptors (Lipinski definition) is 12. The van der Waals surface area contributed by atoms with Crippen LogP contribution in [0.15, 0.2) is 113 Å². The third-order valence-corrected chi connectivity index (χ3v) is 15.3. The third kappa shape index (κ3) is 7.48. The number of benzene rings is 4. The van der Waals surface area contributed by atoms with E-state index in [1.54, 1.807) is 59.7 Å². The van der Waals surface area contributed by atoms with Crippen LogP contribution in [0.3, 0.4) is 0 Å². The van der Waals surface area contributed by atoms with Gasteiger partial charge in [0.15, 0.2) is 11.7 Å². The van der Waals surface area contributed by atoms with Gasteiger partial charge in [0.05, 0.1) is 24.4 Å². The number of ketones is 1. The van der Waals surface area contributed by atoms with Crippen molar-refractivity contribution in [3.63, 3.8) is 0 Å². The normalized spacial score (nSPS) is 17.3. The second-order valence-electron chi connectivity index (χ2n) is 17.0. The number of oxazole rings is 1. The van der Waals surface area contributed by atoms with Gasteiger partial charge in [-0.3, -0.25) is 25.5 Å². The van der Waals surface area contributed by atoms with Crippen LogP contribution in [0.4, 0.5) is 10.7 Å². The number of piperidine rings is 1. The summed E-state index contributed by atoms with van der Waals surface area (Å²) in [6.45, 7) is 7.74. The third-order valence-electron chi connectivity index (χ3n) is 12.9. The van der Waals surface area contributed by atoms with Crippen LogP contribution in [-0.2, 0) is 6.42 Å². The number of aromatic hydroxyl groups is 2. The quantitative estimate of drug-likeness (QED) is 0.0634. The topological polar surface area (TPSA) is 159 Å². The molecule has 3 aliphatic rings. The first-order chi connectivity index (χ1) is 30.4. The smallest absolute Gasteiger partial charge is 0.196 e. The highest BCUT2D eigenvalue weighted by Crippen LogP contribution is 2.51. The Hall–Kier alpha value is -6.57. The van der Waals surface area contributed by atoms with Crippen LogP contribution in [0.2, 0.25) is 0 Å². The highest BCUT2D eigenvalue weighted by molar-refractivity contribution is 7.22. The summed E-state index contributed by atoms with van der Waals surface area (Å²) in [6.07, 6.45) is 7.77. The van der Waals surface area contributed by atoms with Gasteiger partial charge in [-0.1, -0.05) is 0 Å². The Morgan fingerprint density at radius 3 is 2.30 bits per heavy atom. The zero-order chi connectivity index (χ0) is 43.6. The monoisotopic (exact) mass is 874 g/mol. The van der Waals surface area contributed by atoms with Crippen molar-refractivity contribution < 1.29 is 24.2 Å². The summed E-state index contributed by atoms with van der Waals surface area (Å²) in [7, 11) is 0. The van der Waals surface area contributed by atoms with E-state index >= 15 is 0 Å². The molecule has 10 rings (SSSR count). The fraction of sp³-hybridized carbons (Fsp3) is 0.260. The average Bonchev–Trinajstić information content (AvgIpc) is 3.98. The van der Waals surface area contributed by atoms with E-state index in [0.29, 0.717) is 23.4 Å². The highest BCUT2D eigenvalue weighted by Gasteiger charge is 2.47. The molecular weight excluding hydrogens is 829 g/mol. The molecule has 11 nitrogen and oxygen atoms in total. The van der Waals surface area contributed by atoms with Gasteiger partial charge in [-0.05, 0) is 154 Å². The van der Waals surface area contributed by atoms with Crippen LogP contribution >= 0.6 is 22.7 Å². The van der Waals surface area contributed by atoms with Gasteiger partial charge < -0.3 is 24.3 Å². The molecule has 7 aromatic rings. The number of aromatic nitrogens is 1. The largest absolute Gasteiger partial charge is 0.508 e. The van der Waals surface area contributed by atoms with Crippen molar-refractivity contribution in [2.75, 3.05) is 22.9 Å². The van der Waals surface area contributed by atoms with Gasteiger partial charge in [-0.15, -0.1) is 22.7 Å². The number of phenols is 2. The van der Waals surface area contributed by atoms with Crippen LogP contribution in [0.1, 0.15) is 76.0 Å². The molecule has 1 saturated carbocycles. The molecule has 3 aromatic heterocycles. The summed E-state index contributed by atoms with van der Waals surface area (Å²) in [6, 6.07) is 27.5. The van der Waals surface area contributed by atoms with E-state index in [4.69, 9.17) is 19.6 Å². The molecule has 0 radical (unpaired) electrons. The Morgan fingerprint density at radius 1 is 0.921 bits per heavy atom. The summed E-state index contributed by atoms with van der Waals surface area (Å²) in [4.78, 5) is 29.7. The molecule has 63 heavy (non-hydrogen) atoms. The molecule has 1 saturated heterocycles. The van der Waals surface area contributed by atoms with Gasteiger partial charge >= 0.3 is 0 Å². The summed E-state index contributed by atoms with van der Waals surface area (Å²) in [5.41, 5.74) is 7.16. The van der Waals surface area contributed by atoms with Crippen LogP contribution in [0.25, 0.3) is 20.5 Å². The Balaban J connectivity index is 0.792. The lowest BCUT2D eigenvalue weighted by atomic mass is 9.61. The molecule has 0 amide bonds. The van der Waals surface area contributed by atoms with Gasteiger partial charge in [-0.25, -0.2) is 4.98 Å². The fourth-order valence-corrected chi connectivity index (χ4v) is 11.9. The second-order valence-corrected chi connectivity index (χ2v) is 19.2. The lowest BCUT2D eigenvalue weighted by Gasteiger charge is -2.52. The van der Waals surface area contributed by atoms with Crippen molar-refractivity contribution >= 4 is 66.6 Å². The van der Waals surface area contributed by atoms with Crippen molar-refractivity contribution in [1.29, 1.82) is 10.8 Å². The minimum absolute atomic E-state index is 0.0753. The molecule has 1 unspecified atom stereocenters. The van der Waals surface area contributed by atoms with Gasteiger partial charge in [0.25, 0.3) is 0 Å². The molecular formula is C50H46N6O5S2. The first-order valence-electron chi connectivity index (χ1n) is 21.2. The summed E-state index contributed by atoms with van der Waals surface area (Å²) in [5, 5.41) is 39.5. The number of ether oxygens (including phenoxy) is 1. The maximum atomic E-state index is 14.2. The van der Waals surface area contributed by atoms with E-state index < -0.39 is 6.04 Å². The number of nitrogens with zero attached hydrogens (tertiary/aromatic N) is 4. The zero-order valence-corrected chi connectivity index (χ0v) is 36.8. The Bertz CT molecular complexity index is 2920. The standard InChI is InChI=1S/C50H46N6O5S2/c1-28-29(2)62-49-43(28)45(54-40(25-42-53-20-23-60-42)48(52)56(49)30(3)51)31-8-15-37(16-9-31)61-38-26-50(27-38)18-21-55(22-19-50)34-10-4-32(5-11-34)46(59)44-39-17-14-36(58)24-41(39)63-47(44)33-6-12-35(57)13-7-33/h4-17,20,23-24,38,40,51-52,57-58H,18-19,21-22,25-27H2,1-3H3. The molecule has 1 spiro atoms. The maximum Gasteiger partial charge on any atom is 0.196 e. The molecule has 4 aromatic carbocycles.